The number of carbonyl (C=O) groups excluding carboxylic acids is 1. The van der Waals surface area contributed by atoms with Gasteiger partial charge in [-0.05, 0) is 72.9 Å². The molecule has 9 atom stereocenters. The third-order valence-corrected chi connectivity index (χ3v) is 12.2. The van der Waals surface area contributed by atoms with Crippen LogP contribution >= 0.6 is 11.3 Å². The number of aliphatic hydroxyl groups excluding tert-OH is 2. The van der Waals surface area contributed by atoms with Crippen LogP contribution in [0.4, 0.5) is 5.69 Å². The minimum atomic E-state index is -1.30. The van der Waals surface area contributed by atoms with E-state index in [1.54, 1.807) is 11.3 Å². The van der Waals surface area contributed by atoms with Gasteiger partial charge in [0.15, 0.2) is 17.7 Å². The Balaban J connectivity index is 1.19. The van der Waals surface area contributed by atoms with Gasteiger partial charge in [-0.15, -0.1) is 11.3 Å². The monoisotopic (exact) mass is 573 g/mol. The summed E-state index contributed by atoms with van der Waals surface area (Å²) in [4.78, 5) is 15.8. The summed E-state index contributed by atoms with van der Waals surface area (Å²) >= 11 is 1.61. The zero-order valence-corrected chi connectivity index (χ0v) is 24.5. The Labute approximate surface area is 245 Å². The zero-order valence-electron chi connectivity index (χ0n) is 23.7. The molecule has 216 valence electrons. The average molecular weight is 574 g/mol. The van der Waals surface area contributed by atoms with Crippen LogP contribution in [0.1, 0.15) is 61.1 Å². The van der Waals surface area contributed by atoms with Crippen LogP contribution in [-0.4, -0.2) is 40.4 Å². The minimum absolute atomic E-state index is 0.0488. The molecular weight excluding hydrogens is 534 g/mol. The number of ketones is 1. The maximum absolute atomic E-state index is 13.8. The summed E-state index contributed by atoms with van der Waals surface area (Å²) in [6.07, 6.45) is 8.48. The minimum Gasteiger partial charge on any atom is -0.399 e. The number of thiophene rings is 1. The Morgan fingerprint density at radius 1 is 1.24 bits per heavy atom. The molecule has 0 radical (unpaired) electrons. The number of ether oxygens (including phenoxy) is 2. The number of benzene rings is 1. The Morgan fingerprint density at radius 2 is 2.07 bits per heavy atom. The van der Waals surface area contributed by atoms with Crippen molar-refractivity contribution in [2.24, 2.45) is 28.6 Å². The predicted molar refractivity (Wildman–Crippen MR) is 159 cm³/mol. The number of nitrogens with two attached hydrogens (primary N) is 1. The van der Waals surface area contributed by atoms with Gasteiger partial charge in [0.25, 0.3) is 0 Å². The molecule has 0 bridgehead atoms. The van der Waals surface area contributed by atoms with E-state index in [0.717, 1.165) is 45.8 Å². The molecule has 6 nitrogen and oxygen atoms in total. The third-order valence-electron chi connectivity index (χ3n) is 11.1. The van der Waals surface area contributed by atoms with E-state index in [4.69, 9.17) is 15.2 Å². The second-order valence-electron chi connectivity index (χ2n) is 13.2. The van der Waals surface area contributed by atoms with Gasteiger partial charge in [-0.3, -0.25) is 4.79 Å². The predicted octanol–water partition coefficient (Wildman–Crippen LogP) is 5.51. The fraction of sp³-hybridized carbons (Fsp3) is 0.500. The zero-order chi connectivity index (χ0) is 28.7. The molecule has 4 fully saturated rings. The van der Waals surface area contributed by atoms with Crippen molar-refractivity contribution in [1.29, 1.82) is 0 Å². The van der Waals surface area contributed by atoms with Gasteiger partial charge < -0.3 is 25.4 Å². The van der Waals surface area contributed by atoms with Crippen LogP contribution in [0.15, 0.2) is 72.4 Å². The summed E-state index contributed by atoms with van der Waals surface area (Å²) < 4.78 is 13.4. The van der Waals surface area contributed by atoms with Crippen LogP contribution in [0.2, 0.25) is 0 Å². The van der Waals surface area contributed by atoms with Crippen molar-refractivity contribution in [3.8, 4) is 0 Å². The molecule has 4 N–H and O–H groups in total. The van der Waals surface area contributed by atoms with Crippen LogP contribution in [0.5, 0.6) is 0 Å². The second-order valence-corrected chi connectivity index (χ2v) is 14.4. The van der Waals surface area contributed by atoms with Crippen molar-refractivity contribution in [3.63, 3.8) is 0 Å². The summed E-state index contributed by atoms with van der Waals surface area (Å²) in [6, 6.07) is 12.0. The number of fused-ring (bicyclic) bond motifs is 7. The highest BCUT2D eigenvalue weighted by Gasteiger charge is 2.75. The normalized spacial score (nSPS) is 40.9. The third kappa shape index (κ3) is 3.86. The molecule has 7 heteroatoms. The van der Waals surface area contributed by atoms with Gasteiger partial charge in [0, 0.05) is 33.7 Å². The lowest BCUT2D eigenvalue weighted by atomic mass is 9.46. The van der Waals surface area contributed by atoms with E-state index in [1.807, 2.05) is 24.3 Å². The molecule has 1 saturated heterocycles. The summed E-state index contributed by atoms with van der Waals surface area (Å²) in [6.45, 7) is 7.87. The molecule has 41 heavy (non-hydrogen) atoms. The van der Waals surface area contributed by atoms with Gasteiger partial charge in [-0.1, -0.05) is 56.4 Å². The summed E-state index contributed by atoms with van der Waals surface area (Å²) in [5.41, 5.74) is 7.99. The number of anilines is 1. The van der Waals surface area contributed by atoms with Gasteiger partial charge in [0.1, 0.15) is 6.61 Å². The molecule has 2 heterocycles. The number of allylic oxidation sites excluding steroid dienone is 5. The molecule has 0 spiro atoms. The topological polar surface area (TPSA) is 102 Å². The molecule has 1 aromatic heterocycles. The lowest BCUT2D eigenvalue weighted by molar-refractivity contribution is -0.200. The standard InChI is InChI=1S/C34H39NO5S/c1-19-11-12-32(2)21(13-19)7-9-24-25-16-29-34(28(38)18-36,33(25,3)17-26(37)30(24)32)40-31(39-29)27-10-8-23(41-27)15-20-5-4-6-22(35)14-20/h4-6,8,10-14,24-26,29-31,36-37H,1,7,9,15-18,35H2,2-3H3/t24-,25-,26-,29+,30+,31+,32-,33-,34+/m0/s1. The number of hydrogen-bond donors (Lipinski definition) is 3. The van der Waals surface area contributed by atoms with E-state index < -0.39 is 36.1 Å². The molecule has 7 rings (SSSR count). The van der Waals surface area contributed by atoms with Crippen LogP contribution < -0.4 is 5.73 Å². The number of nitrogen functional groups attached to an aromatic ring is 1. The van der Waals surface area contributed by atoms with E-state index in [9.17, 15) is 15.0 Å². The number of aliphatic hydroxyl groups is 2. The largest absolute Gasteiger partial charge is 0.399 e. The summed E-state index contributed by atoms with van der Waals surface area (Å²) in [7, 11) is 0. The number of hydrogen-bond acceptors (Lipinski definition) is 7. The van der Waals surface area contributed by atoms with E-state index in [1.165, 1.54) is 5.57 Å². The first-order chi connectivity index (χ1) is 19.6. The van der Waals surface area contributed by atoms with Gasteiger partial charge in [-0.25, -0.2) is 0 Å². The summed E-state index contributed by atoms with van der Waals surface area (Å²) in [5.74, 6) is 0.0613. The first-order valence-corrected chi connectivity index (χ1v) is 15.6. The van der Waals surface area contributed by atoms with Crippen LogP contribution in [0, 0.1) is 28.6 Å². The Morgan fingerprint density at radius 3 is 2.85 bits per heavy atom. The maximum atomic E-state index is 13.8. The second kappa shape index (κ2) is 9.48. The molecule has 4 aliphatic carbocycles. The Bertz CT molecular complexity index is 1480. The van der Waals surface area contributed by atoms with Crippen molar-refractivity contribution in [1.82, 2.24) is 0 Å². The fourth-order valence-electron chi connectivity index (χ4n) is 9.41. The van der Waals surface area contributed by atoms with Gasteiger partial charge >= 0.3 is 0 Å². The summed E-state index contributed by atoms with van der Waals surface area (Å²) in [5, 5.41) is 22.1. The molecule has 0 amide bonds. The van der Waals surface area contributed by atoms with Crippen LogP contribution in [0.3, 0.4) is 0 Å². The quantitative estimate of drug-likeness (QED) is 0.408. The van der Waals surface area contributed by atoms with E-state index in [0.29, 0.717) is 12.8 Å². The van der Waals surface area contributed by atoms with E-state index >= 15 is 0 Å². The van der Waals surface area contributed by atoms with Gasteiger partial charge in [0.2, 0.25) is 0 Å². The first kappa shape index (κ1) is 27.3. The van der Waals surface area contributed by atoms with Gasteiger partial charge in [-0.2, -0.15) is 0 Å². The Kier molecular flexibility index (Phi) is 6.31. The highest BCUT2D eigenvalue weighted by Crippen LogP contribution is 2.70. The van der Waals surface area contributed by atoms with E-state index in [-0.39, 0.29) is 29.0 Å². The van der Waals surface area contributed by atoms with E-state index in [2.05, 4.69) is 50.8 Å². The lowest BCUT2D eigenvalue weighted by Gasteiger charge is -2.59. The maximum Gasteiger partial charge on any atom is 0.194 e. The lowest BCUT2D eigenvalue weighted by Crippen LogP contribution is -2.63. The SMILES string of the molecule is C=C1C=C[C@@]2(C)C(=C1)CC[C@@H]1[C@@H]2[C@@H](O)C[C@@]2(C)[C@H]1C[C@H]1O[C@@H](c3ccc(Cc4cccc(N)c4)s3)O[C@]12C(=O)CO. The molecule has 1 aliphatic heterocycles. The van der Waals surface area contributed by atoms with Gasteiger partial charge in [0.05, 0.1) is 17.1 Å². The van der Waals surface area contributed by atoms with Crippen LogP contribution in [0.25, 0.3) is 0 Å². The highest BCUT2D eigenvalue weighted by atomic mass is 32.1. The molecule has 2 aromatic rings. The number of Topliss-reactive ketones (excluding diaryl/α,β-unsaturated/α-hetero) is 1. The van der Waals surface area contributed by atoms with Crippen molar-refractivity contribution in [2.45, 2.75) is 70.1 Å². The van der Waals surface area contributed by atoms with Crippen molar-refractivity contribution < 1.29 is 24.5 Å². The number of carbonyl (C=O) groups is 1. The average Bonchev–Trinajstić information content (AvgIpc) is 3.61. The molecule has 1 aromatic carbocycles. The van der Waals surface area contributed by atoms with Crippen molar-refractivity contribution in [3.05, 3.63) is 87.7 Å². The Hall–Kier alpha value is -2.55. The molecule has 0 unspecified atom stereocenters. The fourth-order valence-corrected chi connectivity index (χ4v) is 10.4. The van der Waals surface area contributed by atoms with Crippen molar-refractivity contribution >= 4 is 22.8 Å². The van der Waals surface area contributed by atoms with Crippen LogP contribution in [-0.2, 0) is 20.7 Å². The molecular formula is C34H39NO5S. The smallest absolute Gasteiger partial charge is 0.194 e. The van der Waals surface area contributed by atoms with Crippen molar-refractivity contribution in [2.75, 3.05) is 12.3 Å². The first-order valence-electron chi connectivity index (χ1n) is 14.8. The number of rotatable bonds is 5. The molecule has 3 saturated carbocycles. The highest BCUT2D eigenvalue weighted by molar-refractivity contribution is 7.12. The molecule has 5 aliphatic rings.